The zero-order valence-corrected chi connectivity index (χ0v) is 16.5. The fourth-order valence-electron chi connectivity index (χ4n) is 2.50. The Balaban J connectivity index is 1.79. The molecule has 1 aromatic carbocycles. The standard InChI is InChI=1S/C19H20ClN5O3/c1-19(2,3)28-13(26)9-10-25-11-21-14-15(20)22-18(23-16(14)25)24-17(27)12-7-5-4-6-8-12/h4-8,11H,9-10H2,1-3H3,(H,22,23,24,27). The van der Waals surface area contributed by atoms with Gasteiger partial charge in [-0.05, 0) is 32.9 Å². The van der Waals surface area contributed by atoms with E-state index in [1.54, 1.807) is 28.8 Å². The Morgan fingerprint density at radius 2 is 1.89 bits per heavy atom. The van der Waals surface area contributed by atoms with E-state index in [-0.39, 0.29) is 29.4 Å². The van der Waals surface area contributed by atoms with Crippen LogP contribution in [0, 0.1) is 0 Å². The number of carbonyl (C=O) groups excluding carboxylic acids is 2. The largest absolute Gasteiger partial charge is 0.460 e. The number of nitrogens with one attached hydrogen (secondary N) is 1. The highest BCUT2D eigenvalue weighted by molar-refractivity contribution is 6.33. The van der Waals surface area contributed by atoms with Crippen LogP contribution in [0.2, 0.25) is 5.15 Å². The lowest BCUT2D eigenvalue weighted by atomic mass is 10.2. The molecule has 0 aliphatic heterocycles. The van der Waals surface area contributed by atoms with Crippen molar-refractivity contribution < 1.29 is 14.3 Å². The van der Waals surface area contributed by atoms with Gasteiger partial charge in [0, 0.05) is 12.1 Å². The number of carbonyl (C=O) groups is 2. The predicted octanol–water partition coefficient (Wildman–Crippen LogP) is 3.46. The van der Waals surface area contributed by atoms with E-state index in [9.17, 15) is 9.59 Å². The second-order valence-corrected chi connectivity index (χ2v) is 7.46. The summed E-state index contributed by atoms with van der Waals surface area (Å²) in [5.74, 6) is -0.617. The van der Waals surface area contributed by atoms with Crippen LogP contribution in [0.25, 0.3) is 11.2 Å². The molecule has 2 heterocycles. The van der Waals surface area contributed by atoms with Crippen LogP contribution in [0.15, 0.2) is 36.7 Å². The number of anilines is 1. The monoisotopic (exact) mass is 401 g/mol. The van der Waals surface area contributed by atoms with Crippen LogP contribution in [-0.2, 0) is 16.1 Å². The molecule has 3 aromatic rings. The van der Waals surface area contributed by atoms with E-state index in [0.717, 1.165) is 0 Å². The first-order chi connectivity index (χ1) is 13.2. The van der Waals surface area contributed by atoms with Crippen molar-refractivity contribution >= 4 is 40.6 Å². The number of fused-ring (bicyclic) bond motifs is 1. The second-order valence-electron chi connectivity index (χ2n) is 7.10. The highest BCUT2D eigenvalue weighted by atomic mass is 35.5. The third-order valence-electron chi connectivity index (χ3n) is 3.66. The van der Waals surface area contributed by atoms with Crippen molar-refractivity contribution in [3.8, 4) is 0 Å². The minimum atomic E-state index is -0.547. The highest BCUT2D eigenvalue weighted by Crippen LogP contribution is 2.21. The number of ether oxygens (including phenoxy) is 1. The molecule has 0 unspecified atom stereocenters. The number of rotatable bonds is 5. The van der Waals surface area contributed by atoms with Crippen molar-refractivity contribution in [2.45, 2.75) is 39.3 Å². The van der Waals surface area contributed by atoms with Crippen LogP contribution < -0.4 is 5.32 Å². The lowest BCUT2D eigenvalue weighted by Crippen LogP contribution is -2.24. The lowest BCUT2D eigenvalue weighted by Gasteiger charge is -2.19. The molecule has 1 N–H and O–H groups in total. The first kappa shape index (κ1) is 19.8. The van der Waals surface area contributed by atoms with Crippen LogP contribution in [0.1, 0.15) is 37.6 Å². The summed E-state index contributed by atoms with van der Waals surface area (Å²) >= 11 is 6.18. The summed E-state index contributed by atoms with van der Waals surface area (Å²) < 4.78 is 6.98. The van der Waals surface area contributed by atoms with Crippen LogP contribution >= 0.6 is 11.6 Å². The van der Waals surface area contributed by atoms with Crippen LogP contribution in [0.4, 0.5) is 5.95 Å². The molecule has 28 heavy (non-hydrogen) atoms. The van der Waals surface area contributed by atoms with E-state index in [1.165, 1.54) is 6.33 Å². The molecule has 1 amide bonds. The number of hydrogen-bond donors (Lipinski definition) is 1. The van der Waals surface area contributed by atoms with E-state index >= 15 is 0 Å². The van der Waals surface area contributed by atoms with E-state index in [4.69, 9.17) is 16.3 Å². The number of aromatic nitrogens is 4. The van der Waals surface area contributed by atoms with Gasteiger partial charge in [-0.3, -0.25) is 14.9 Å². The van der Waals surface area contributed by atoms with Gasteiger partial charge in [-0.1, -0.05) is 29.8 Å². The minimum absolute atomic E-state index is 0.0605. The van der Waals surface area contributed by atoms with E-state index in [1.807, 2.05) is 26.8 Å². The molecule has 0 bridgehead atoms. The number of hydrogen-bond acceptors (Lipinski definition) is 6. The average Bonchev–Trinajstić information content (AvgIpc) is 3.03. The van der Waals surface area contributed by atoms with Gasteiger partial charge in [-0.15, -0.1) is 0 Å². The first-order valence-electron chi connectivity index (χ1n) is 8.69. The van der Waals surface area contributed by atoms with E-state index in [2.05, 4.69) is 20.3 Å². The van der Waals surface area contributed by atoms with Crippen molar-refractivity contribution in [1.82, 2.24) is 19.5 Å². The molecular formula is C19H20ClN5O3. The van der Waals surface area contributed by atoms with Gasteiger partial charge in [0.15, 0.2) is 10.8 Å². The summed E-state index contributed by atoms with van der Waals surface area (Å²) in [5.41, 5.74) is 0.741. The fraction of sp³-hybridized carbons (Fsp3) is 0.316. The SMILES string of the molecule is CC(C)(C)OC(=O)CCn1cnc2c(Cl)nc(NC(=O)c3ccccc3)nc21. The summed E-state index contributed by atoms with van der Waals surface area (Å²) in [6.45, 7) is 5.75. The van der Waals surface area contributed by atoms with Crippen molar-refractivity contribution in [1.29, 1.82) is 0 Å². The Hall–Kier alpha value is -3.00. The van der Waals surface area contributed by atoms with Crippen molar-refractivity contribution in [3.63, 3.8) is 0 Å². The molecule has 0 radical (unpaired) electrons. The Labute approximate surface area is 166 Å². The number of esters is 1. The van der Waals surface area contributed by atoms with E-state index in [0.29, 0.717) is 23.3 Å². The highest BCUT2D eigenvalue weighted by Gasteiger charge is 2.18. The molecule has 0 saturated heterocycles. The summed E-state index contributed by atoms with van der Waals surface area (Å²) in [6.07, 6.45) is 1.68. The number of benzene rings is 1. The molecule has 0 aliphatic rings. The first-order valence-corrected chi connectivity index (χ1v) is 9.07. The summed E-state index contributed by atoms with van der Waals surface area (Å²) in [6, 6.07) is 8.70. The van der Waals surface area contributed by atoms with Gasteiger partial charge in [-0.2, -0.15) is 9.97 Å². The molecular weight excluding hydrogens is 382 g/mol. The van der Waals surface area contributed by atoms with Crippen LogP contribution in [0.5, 0.6) is 0 Å². The Kier molecular flexibility index (Phi) is 5.60. The molecule has 0 saturated carbocycles. The Morgan fingerprint density at radius 3 is 2.57 bits per heavy atom. The molecule has 9 heteroatoms. The zero-order valence-electron chi connectivity index (χ0n) is 15.8. The lowest BCUT2D eigenvalue weighted by molar-refractivity contribution is -0.155. The fourth-order valence-corrected chi connectivity index (χ4v) is 2.71. The van der Waals surface area contributed by atoms with Gasteiger partial charge in [0.1, 0.15) is 11.1 Å². The number of halogens is 1. The van der Waals surface area contributed by atoms with Crippen LogP contribution in [-0.4, -0.2) is 37.0 Å². The Bertz CT molecular complexity index is 1010. The number of amides is 1. The van der Waals surface area contributed by atoms with Gasteiger partial charge in [0.2, 0.25) is 5.95 Å². The Morgan fingerprint density at radius 1 is 1.18 bits per heavy atom. The quantitative estimate of drug-likeness (QED) is 0.519. The van der Waals surface area contributed by atoms with Gasteiger partial charge in [-0.25, -0.2) is 4.98 Å². The smallest absolute Gasteiger partial charge is 0.308 e. The third kappa shape index (κ3) is 4.83. The van der Waals surface area contributed by atoms with Crippen molar-refractivity contribution in [3.05, 3.63) is 47.4 Å². The molecule has 0 aliphatic carbocycles. The maximum Gasteiger partial charge on any atom is 0.308 e. The predicted molar refractivity (Wildman–Crippen MR) is 105 cm³/mol. The third-order valence-corrected chi connectivity index (χ3v) is 3.92. The zero-order chi connectivity index (χ0) is 20.3. The van der Waals surface area contributed by atoms with Gasteiger partial charge >= 0.3 is 5.97 Å². The molecule has 8 nitrogen and oxygen atoms in total. The average molecular weight is 402 g/mol. The maximum absolute atomic E-state index is 12.3. The topological polar surface area (TPSA) is 99.0 Å². The van der Waals surface area contributed by atoms with Crippen molar-refractivity contribution in [2.75, 3.05) is 5.32 Å². The molecule has 0 atom stereocenters. The minimum Gasteiger partial charge on any atom is -0.460 e. The van der Waals surface area contributed by atoms with E-state index < -0.39 is 5.60 Å². The summed E-state index contributed by atoms with van der Waals surface area (Å²) in [7, 11) is 0. The molecule has 3 rings (SSSR count). The van der Waals surface area contributed by atoms with Crippen molar-refractivity contribution in [2.24, 2.45) is 0 Å². The summed E-state index contributed by atoms with van der Waals surface area (Å²) in [4.78, 5) is 36.9. The maximum atomic E-state index is 12.3. The number of imidazole rings is 1. The number of nitrogens with zero attached hydrogens (tertiary/aromatic N) is 4. The van der Waals surface area contributed by atoms with Gasteiger partial charge in [0.25, 0.3) is 5.91 Å². The molecule has 2 aromatic heterocycles. The molecule has 0 spiro atoms. The molecule has 0 fully saturated rings. The second kappa shape index (κ2) is 7.93. The molecule has 146 valence electrons. The van der Waals surface area contributed by atoms with Gasteiger partial charge < -0.3 is 9.30 Å². The normalized spacial score (nSPS) is 11.4. The van der Waals surface area contributed by atoms with Crippen LogP contribution in [0.3, 0.4) is 0 Å². The summed E-state index contributed by atoms with van der Waals surface area (Å²) in [5, 5.41) is 2.74. The number of aryl methyl sites for hydroxylation is 1. The van der Waals surface area contributed by atoms with Gasteiger partial charge in [0.05, 0.1) is 12.7 Å².